The predicted molar refractivity (Wildman–Crippen MR) is 76.6 cm³/mol. The van der Waals surface area contributed by atoms with Crippen LogP contribution in [0.5, 0.6) is 5.75 Å². The number of ether oxygens (including phenoxy) is 2. The van der Waals surface area contributed by atoms with Crippen LogP contribution in [0.3, 0.4) is 0 Å². The Kier molecular flexibility index (Phi) is 6.48. The number of aliphatic hydroxyl groups excluding tert-OH is 1. The van der Waals surface area contributed by atoms with Crippen LogP contribution in [0, 0.1) is 0 Å². The average Bonchev–Trinajstić information content (AvgIpc) is 2.44. The lowest BCUT2D eigenvalue weighted by Crippen LogP contribution is -2.45. The Morgan fingerprint density at radius 1 is 1.35 bits per heavy atom. The van der Waals surface area contributed by atoms with Crippen molar-refractivity contribution in [2.24, 2.45) is 5.73 Å². The van der Waals surface area contributed by atoms with E-state index in [1.54, 1.807) is 6.92 Å². The molecule has 1 atom stereocenters. The van der Waals surface area contributed by atoms with Crippen LogP contribution in [0.25, 0.3) is 0 Å². The van der Waals surface area contributed by atoms with Gasteiger partial charge in [-0.2, -0.15) is 0 Å². The zero-order valence-corrected chi connectivity index (χ0v) is 12.1. The van der Waals surface area contributed by atoms with Gasteiger partial charge in [0.1, 0.15) is 11.3 Å². The highest BCUT2D eigenvalue weighted by atomic mass is 16.5. The van der Waals surface area contributed by atoms with Crippen molar-refractivity contribution in [1.29, 1.82) is 0 Å². The number of carbonyl (C=O) groups is 1. The van der Waals surface area contributed by atoms with Gasteiger partial charge in [-0.25, -0.2) is 0 Å². The number of hydrogen-bond acceptors (Lipinski definition) is 5. The fraction of sp³-hybridized carbons (Fsp3) is 0.533. The Labute approximate surface area is 119 Å². The van der Waals surface area contributed by atoms with Crippen LogP contribution in [0.15, 0.2) is 24.3 Å². The number of aliphatic hydroxyl groups is 1. The second-order valence-electron chi connectivity index (χ2n) is 4.98. The maximum absolute atomic E-state index is 11.4. The molecule has 0 aliphatic heterocycles. The summed E-state index contributed by atoms with van der Waals surface area (Å²) in [6.45, 7) is 2.29. The summed E-state index contributed by atoms with van der Waals surface area (Å²) >= 11 is 0. The van der Waals surface area contributed by atoms with Gasteiger partial charge < -0.3 is 20.3 Å². The van der Waals surface area contributed by atoms with Crippen molar-refractivity contribution >= 4 is 5.97 Å². The van der Waals surface area contributed by atoms with Crippen LogP contribution in [0.2, 0.25) is 0 Å². The number of methoxy groups -OCH3 is 1. The molecule has 0 fully saturated rings. The van der Waals surface area contributed by atoms with E-state index in [4.69, 9.17) is 15.6 Å². The molecule has 20 heavy (non-hydrogen) atoms. The fourth-order valence-electron chi connectivity index (χ4n) is 1.85. The van der Waals surface area contributed by atoms with Gasteiger partial charge in [0.2, 0.25) is 0 Å². The minimum Gasteiger partial charge on any atom is -0.494 e. The molecule has 3 N–H and O–H groups in total. The van der Waals surface area contributed by atoms with E-state index in [9.17, 15) is 4.79 Å². The predicted octanol–water partition coefficient (Wildman–Crippen LogP) is 1.27. The molecule has 0 bridgehead atoms. The van der Waals surface area contributed by atoms with E-state index in [0.29, 0.717) is 25.9 Å². The smallest absolute Gasteiger partial charge is 0.325 e. The number of carbonyl (C=O) groups excluding carboxylic acids is 1. The maximum atomic E-state index is 11.4. The van der Waals surface area contributed by atoms with Gasteiger partial charge in [-0.05, 0) is 43.9 Å². The highest BCUT2D eigenvalue weighted by molar-refractivity contribution is 5.79. The molecule has 0 radical (unpaired) electrons. The van der Waals surface area contributed by atoms with Crippen LogP contribution >= 0.6 is 0 Å². The first-order valence-corrected chi connectivity index (χ1v) is 6.69. The summed E-state index contributed by atoms with van der Waals surface area (Å²) in [6, 6.07) is 7.58. The number of benzene rings is 1. The van der Waals surface area contributed by atoms with Crippen molar-refractivity contribution < 1.29 is 19.4 Å². The number of hydrogen-bond donors (Lipinski definition) is 2. The third kappa shape index (κ3) is 5.19. The van der Waals surface area contributed by atoms with E-state index in [1.165, 1.54) is 7.11 Å². The third-order valence-electron chi connectivity index (χ3n) is 3.08. The van der Waals surface area contributed by atoms with Crippen molar-refractivity contribution in [2.75, 3.05) is 20.3 Å². The summed E-state index contributed by atoms with van der Waals surface area (Å²) in [5, 5.41) is 8.82. The summed E-state index contributed by atoms with van der Waals surface area (Å²) in [5.41, 5.74) is 5.95. The van der Waals surface area contributed by atoms with Crippen molar-refractivity contribution in [3.63, 3.8) is 0 Å². The molecule has 0 heterocycles. The van der Waals surface area contributed by atoms with Gasteiger partial charge in [-0.15, -0.1) is 0 Å². The third-order valence-corrected chi connectivity index (χ3v) is 3.08. The molecule has 0 aliphatic carbocycles. The quantitative estimate of drug-likeness (QED) is 0.554. The molecule has 1 rings (SSSR count). The van der Waals surface area contributed by atoms with Crippen molar-refractivity contribution in [3.8, 4) is 5.75 Å². The highest BCUT2D eigenvalue weighted by Crippen LogP contribution is 2.15. The molecule has 0 amide bonds. The van der Waals surface area contributed by atoms with E-state index < -0.39 is 11.5 Å². The lowest BCUT2D eigenvalue weighted by molar-refractivity contribution is -0.146. The number of esters is 1. The van der Waals surface area contributed by atoms with Crippen LogP contribution in [-0.4, -0.2) is 36.9 Å². The summed E-state index contributed by atoms with van der Waals surface area (Å²) < 4.78 is 10.2. The average molecular weight is 281 g/mol. The first-order chi connectivity index (χ1) is 9.49. The molecular weight excluding hydrogens is 258 g/mol. The first-order valence-electron chi connectivity index (χ1n) is 6.69. The van der Waals surface area contributed by atoms with Crippen LogP contribution in [0.1, 0.15) is 25.3 Å². The van der Waals surface area contributed by atoms with Crippen molar-refractivity contribution in [2.45, 2.75) is 31.7 Å². The Morgan fingerprint density at radius 2 is 2.00 bits per heavy atom. The Morgan fingerprint density at radius 3 is 2.55 bits per heavy atom. The van der Waals surface area contributed by atoms with E-state index in [1.807, 2.05) is 24.3 Å². The molecule has 5 heteroatoms. The molecule has 112 valence electrons. The Hall–Kier alpha value is -1.59. The molecule has 1 unspecified atom stereocenters. The normalized spacial score (nSPS) is 13.6. The molecule has 0 aliphatic rings. The summed E-state index contributed by atoms with van der Waals surface area (Å²) in [7, 11) is 1.33. The molecule has 0 saturated heterocycles. The topological polar surface area (TPSA) is 81.8 Å². The van der Waals surface area contributed by atoms with Gasteiger partial charge in [0.05, 0.1) is 13.7 Å². The Balaban J connectivity index is 2.32. The lowest BCUT2D eigenvalue weighted by atomic mass is 9.98. The number of rotatable bonds is 8. The van der Waals surface area contributed by atoms with E-state index in [2.05, 4.69) is 4.74 Å². The van der Waals surface area contributed by atoms with Crippen LogP contribution in [-0.2, 0) is 16.0 Å². The largest absolute Gasteiger partial charge is 0.494 e. The van der Waals surface area contributed by atoms with Gasteiger partial charge >= 0.3 is 5.97 Å². The summed E-state index contributed by atoms with van der Waals surface area (Å²) in [5.74, 6) is 0.356. The molecule has 0 saturated carbocycles. The zero-order valence-electron chi connectivity index (χ0n) is 12.1. The minimum absolute atomic E-state index is 0.142. The summed E-state index contributed by atoms with van der Waals surface area (Å²) in [6.07, 6.45) is 1.81. The van der Waals surface area contributed by atoms with Gasteiger partial charge in [0.25, 0.3) is 0 Å². The van der Waals surface area contributed by atoms with Crippen molar-refractivity contribution in [1.82, 2.24) is 0 Å². The van der Waals surface area contributed by atoms with Gasteiger partial charge in [0, 0.05) is 6.61 Å². The van der Waals surface area contributed by atoms with Crippen molar-refractivity contribution in [3.05, 3.63) is 29.8 Å². The van der Waals surface area contributed by atoms with Crippen LogP contribution in [0.4, 0.5) is 0 Å². The molecule has 1 aromatic rings. The summed E-state index contributed by atoms with van der Waals surface area (Å²) in [4.78, 5) is 11.4. The minimum atomic E-state index is -0.969. The van der Waals surface area contributed by atoms with Crippen LogP contribution < -0.4 is 10.5 Å². The molecule has 1 aromatic carbocycles. The van der Waals surface area contributed by atoms with Gasteiger partial charge in [0.15, 0.2) is 0 Å². The van der Waals surface area contributed by atoms with Gasteiger partial charge in [-0.3, -0.25) is 4.79 Å². The molecule has 5 nitrogen and oxygen atoms in total. The second-order valence-corrected chi connectivity index (χ2v) is 4.98. The van der Waals surface area contributed by atoms with E-state index >= 15 is 0 Å². The van der Waals surface area contributed by atoms with E-state index in [-0.39, 0.29) is 6.61 Å². The highest BCUT2D eigenvalue weighted by Gasteiger charge is 2.28. The first kappa shape index (κ1) is 16.5. The fourth-order valence-corrected chi connectivity index (χ4v) is 1.85. The number of nitrogens with two attached hydrogens (primary N) is 1. The standard InChI is InChI=1S/C15H23NO4/c1-15(16,14(18)19-2)9-3-11-20-13-6-4-12(5-7-13)8-10-17/h4-7,17H,3,8-11,16H2,1-2H3. The molecule has 0 aromatic heterocycles. The second kappa shape index (κ2) is 7.87. The van der Waals surface area contributed by atoms with Gasteiger partial charge in [-0.1, -0.05) is 12.1 Å². The monoisotopic (exact) mass is 281 g/mol. The van der Waals surface area contributed by atoms with E-state index in [0.717, 1.165) is 11.3 Å². The maximum Gasteiger partial charge on any atom is 0.325 e. The zero-order chi connectivity index (χ0) is 15.0. The molecule has 0 spiro atoms. The lowest BCUT2D eigenvalue weighted by Gasteiger charge is -2.21. The SMILES string of the molecule is COC(=O)C(C)(N)CCCOc1ccc(CCO)cc1. The Bertz CT molecular complexity index is 414. The molecular formula is C15H23NO4.